The molecule has 1 amide bonds. The van der Waals surface area contributed by atoms with Crippen molar-refractivity contribution in [1.29, 1.82) is 0 Å². The Morgan fingerprint density at radius 2 is 2.04 bits per heavy atom. The Morgan fingerprint density at radius 1 is 1.30 bits per heavy atom. The van der Waals surface area contributed by atoms with Gasteiger partial charge in [0.1, 0.15) is 11.2 Å². The number of carbonyl (C=O) groups excluding carboxylic acids is 1. The summed E-state index contributed by atoms with van der Waals surface area (Å²) < 4.78 is 5.28. The summed E-state index contributed by atoms with van der Waals surface area (Å²) in [5, 5.41) is 9.68. The highest BCUT2D eigenvalue weighted by Gasteiger charge is 2.57. The van der Waals surface area contributed by atoms with Gasteiger partial charge in [-0.15, -0.1) is 0 Å². The van der Waals surface area contributed by atoms with Crippen LogP contribution in [-0.2, 0) is 16.0 Å². The molecule has 6 heteroatoms. The van der Waals surface area contributed by atoms with Gasteiger partial charge in [-0.3, -0.25) is 9.59 Å². The van der Waals surface area contributed by atoms with Crippen LogP contribution in [0.4, 0.5) is 0 Å². The van der Waals surface area contributed by atoms with Crippen molar-refractivity contribution in [1.82, 2.24) is 9.80 Å². The van der Waals surface area contributed by atoms with Crippen LogP contribution in [0, 0.1) is 11.3 Å². The number of carbonyl (C=O) groups is 2. The van der Waals surface area contributed by atoms with Crippen LogP contribution in [-0.4, -0.2) is 67.1 Å². The molecule has 2 atom stereocenters. The second kappa shape index (κ2) is 5.85. The lowest BCUT2D eigenvalue weighted by Crippen LogP contribution is -2.41. The lowest BCUT2D eigenvalue weighted by molar-refractivity contribution is -0.149. The Balaban J connectivity index is 1.74. The summed E-state index contributed by atoms with van der Waals surface area (Å²) in [7, 11) is 3.52. The van der Waals surface area contributed by atoms with Gasteiger partial charge in [0.2, 0.25) is 5.91 Å². The van der Waals surface area contributed by atoms with Crippen molar-refractivity contribution in [2.24, 2.45) is 11.3 Å². The van der Waals surface area contributed by atoms with E-state index in [1.165, 1.54) is 0 Å². The third-order valence-electron chi connectivity index (χ3n) is 5.09. The standard InChI is InChI=1S/C17H22N2O4/c1-18-8-13-9-19(11-17(13,10-18)16(21)22)15(20)7-12-5-3-4-6-14(12)23-2/h3-6,13H,7-11H2,1-2H3,(H,21,22)/t13-,17-/m1/s1. The third kappa shape index (κ3) is 2.67. The molecule has 0 aliphatic carbocycles. The number of rotatable bonds is 4. The van der Waals surface area contributed by atoms with Crippen molar-refractivity contribution in [3.63, 3.8) is 0 Å². The summed E-state index contributed by atoms with van der Waals surface area (Å²) >= 11 is 0. The van der Waals surface area contributed by atoms with Crippen LogP contribution in [0.15, 0.2) is 24.3 Å². The van der Waals surface area contributed by atoms with Crippen LogP contribution in [0.25, 0.3) is 0 Å². The molecule has 1 aromatic rings. The Kier molecular flexibility index (Phi) is 4.02. The minimum atomic E-state index is -0.814. The molecule has 2 fully saturated rings. The number of carboxylic acid groups (broad SMARTS) is 1. The Hall–Kier alpha value is -2.08. The quantitative estimate of drug-likeness (QED) is 0.885. The van der Waals surface area contributed by atoms with Gasteiger partial charge in [0.25, 0.3) is 0 Å². The van der Waals surface area contributed by atoms with E-state index in [0.717, 1.165) is 12.1 Å². The van der Waals surface area contributed by atoms with Gasteiger partial charge in [-0.2, -0.15) is 0 Å². The molecule has 2 aliphatic heterocycles. The molecule has 1 N–H and O–H groups in total. The van der Waals surface area contributed by atoms with Gasteiger partial charge < -0.3 is 19.6 Å². The van der Waals surface area contributed by atoms with Crippen LogP contribution >= 0.6 is 0 Å². The molecule has 2 heterocycles. The molecule has 0 spiro atoms. The number of fused-ring (bicyclic) bond motifs is 1. The predicted octanol–water partition coefficient (Wildman–Crippen LogP) is 0.713. The molecule has 0 saturated carbocycles. The molecule has 6 nitrogen and oxygen atoms in total. The van der Waals surface area contributed by atoms with E-state index in [-0.39, 0.29) is 18.2 Å². The second-order valence-electron chi connectivity index (χ2n) is 6.62. The highest BCUT2D eigenvalue weighted by Crippen LogP contribution is 2.42. The Bertz CT molecular complexity index is 633. The third-order valence-corrected chi connectivity index (χ3v) is 5.09. The van der Waals surface area contributed by atoms with Crippen molar-refractivity contribution in [3.05, 3.63) is 29.8 Å². The van der Waals surface area contributed by atoms with Crippen molar-refractivity contribution in [3.8, 4) is 5.75 Å². The van der Waals surface area contributed by atoms with Crippen LogP contribution in [0.3, 0.4) is 0 Å². The summed E-state index contributed by atoms with van der Waals surface area (Å²) in [5.74, 6) is -0.133. The number of benzene rings is 1. The number of para-hydroxylation sites is 1. The normalized spacial score (nSPS) is 27.0. The van der Waals surface area contributed by atoms with Gasteiger partial charge in [0, 0.05) is 37.7 Å². The average Bonchev–Trinajstić information content (AvgIpc) is 3.01. The zero-order chi connectivity index (χ0) is 16.6. The van der Waals surface area contributed by atoms with Gasteiger partial charge in [-0.1, -0.05) is 18.2 Å². The Morgan fingerprint density at radius 3 is 2.70 bits per heavy atom. The first-order valence-electron chi connectivity index (χ1n) is 7.78. The largest absolute Gasteiger partial charge is 0.496 e. The van der Waals surface area contributed by atoms with Crippen molar-refractivity contribution >= 4 is 11.9 Å². The fraction of sp³-hybridized carbons (Fsp3) is 0.529. The average molecular weight is 318 g/mol. The number of nitrogens with zero attached hydrogens (tertiary/aromatic N) is 2. The van der Waals surface area contributed by atoms with Gasteiger partial charge >= 0.3 is 5.97 Å². The second-order valence-corrected chi connectivity index (χ2v) is 6.62. The zero-order valence-electron chi connectivity index (χ0n) is 13.5. The predicted molar refractivity (Wildman–Crippen MR) is 84.3 cm³/mol. The van der Waals surface area contributed by atoms with E-state index in [1.807, 2.05) is 36.2 Å². The highest BCUT2D eigenvalue weighted by molar-refractivity contribution is 5.83. The number of aliphatic carboxylic acids is 1. The topological polar surface area (TPSA) is 70.1 Å². The first-order chi connectivity index (χ1) is 11.0. The molecule has 2 saturated heterocycles. The molecule has 0 aromatic heterocycles. The summed E-state index contributed by atoms with van der Waals surface area (Å²) in [6.07, 6.45) is 0.238. The van der Waals surface area contributed by atoms with Gasteiger partial charge in [-0.25, -0.2) is 0 Å². The molecule has 3 rings (SSSR count). The molecular weight excluding hydrogens is 296 g/mol. The summed E-state index contributed by atoms with van der Waals surface area (Å²) in [5.41, 5.74) is 0.0177. The molecule has 0 unspecified atom stereocenters. The van der Waals surface area contributed by atoms with Gasteiger partial charge in [0.15, 0.2) is 0 Å². The van der Waals surface area contributed by atoms with Crippen molar-refractivity contribution in [2.75, 3.05) is 40.3 Å². The summed E-state index contributed by atoms with van der Waals surface area (Å²) in [6, 6.07) is 7.43. The number of hydrogen-bond donors (Lipinski definition) is 1. The monoisotopic (exact) mass is 318 g/mol. The number of amides is 1. The summed E-state index contributed by atoms with van der Waals surface area (Å²) in [6.45, 7) is 2.05. The van der Waals surface area contributed by atoms with Crippen LogP contribution in [0.2, 0.25) is 0 Å². The van der Waals surface area contributed by atoms with Crippen molar-refractivity contribution in [2.45, 2.75) is 6.42 Å². The lowest BCUT2D eigenvalue weighted by Gasteiger charge is -2.24. The SMILES string of the molecule is COc1ccccc1CC(=O)N1C[C@H]2CN(C)C[C@@]2(C(=O)O)C1. The fourth-order valence-corrected chi connectivity index (χ4v) is 3.93. The smallest absolute Gasteiger partial charge is 0.313 e. The minimum Gasteiger partial charge on any atom is -0.496 e. The van der Waals surface area contributed by atoms with Crippen molar-refractivity contribution < 1.29 is 19.4 Å². The fourth-order valence-electron chi connectivity index (χ4n) is 3.93. The van der Waals surface area contributed by atoms with Crippen LogP contribution in [0.5, 0.6) is 5.75 Å². The maximum atomic E-state index is 12.6. The molecule has 1 aromatic carbocycles. The van der Waals surface area contributed by atoms with E-state index in [0.29, 0.717) is 25.4 Å². The number of hydrogen-bond acceptors (Lipinski definition) is 4. The lowest BCUT2D eigenvalue weighted by atomic mass is 9.81. The highest BCUT2D eigenvalue weighted by atomic mass is 16.5. The van der Waals surface area contributed by atoms with E-state index >= 15 is 0 Å². The molecule has 23 heavy (non-hydrogen) atoms. The zero-order valence-corrected chi connectivity index (χ0v) is 13.5. The first kappa shape index (κ1) is 15.8. The molecule has 0 radical (unpaired) electrons. The minimum absolute atomic E-state index is 0.00613. The molecule has 2 aliphatic rings. The molecule has 0 bridgehead atoms. The van der Waals surface area contributed by atoms with E-state index in [2.05, 4.69) is 0 Å². The Labute approximate surface area is 135 Å². The van der Waals surface area contributed by atoms with E-state index in [4.69, 9.17) is 4.74 Å². The van der Waals surface area contributed by atoms with E-state index < -0.39 is 11.4 Å². The van der Waals surface area contributed by atoms with Crippen LogP contribution < -0.4 is 4.74 Å². The van der Waals surface area contributed by atoms with Gasteiger partial charge in [0.05, 0.1) is 13.5 Å². The molecular formula is C17H22N2O4. The first-order valence-corrected chi connectivity index (χ1v) is 7.78. The van der Waals surface area contributed by atoms with E-state index in [1.54, 1.807) is 12.0 Å². The van der Waals surface area contributed by atoms with E-state index in [9.17, 15) is 14.7 Å². The summed E-state index contributed by atoms with van der Waals surface area (Å²) in [4.78, 5) is 28.2. The molecule has 124 valence electrons. The van der Waals surface area contributed by atoms with Gasteiger partial charge in [-0.05, 0) is 13.1 Å². The number of methoxy groups -OCH3 is 1. The maximum Gasteiger partial charge on any atom is 0.313 e. The maximum absolute atomic E-state index is 12.6. The number of likely N-dealkylation sites (tertiary alicyclic amines) is 2. The van der Waals surface area contributed by atoms with Crippen LogP contribution in [0.1, 0.15) is 5.56 Å². The number of carboxylic acids is 1. The number of ether oxygens (including phenoxy) is 1.